The van der Waals surface area contributed by atoms with Gasteiger partial charge in [0, 0.05) is 17.8 Å². The second-order valence-electron chi connectivity index (χ2n) is 5.27. The van der Waals surface area contributed by atoms with Crippen LogP contribution in [0.2, 0.25) is 0 Å². The summed E-state index contributed by atoms with van der Waals surface area (Å²) >= 11 is 0. The number of hydrogen-bond acceptors (Lipinski definition) is 2. The maximum atomic E-state index is 12.3. The summed E-state index contributed by atoms with van der Waals surface area (Å²) in [6.07, 6.45) is 0.904. The molecule has 18 heavy (non-hydrogen) atoms. The minimum atomic E-state index is -0.175. The highest BCUT2D eigenvalue weighted by atomic mass is 16.1. The largest absolute Gasteiger partial charge is 0.385 e. The lowest BCUT2D eigenvalue weighted by atomic mass is 10.0. The molecule has 0 fully saturated rings. The maximum absolute atomic E-state index is 12.3. The minimum absolute atomic E-state index is 0.0159. The van der Waals surface area contributed by atoms with Gasteiger partial charge in [0.15, 0.2) is 0 Å². The molecule has 0 saturated heterocycles. The van der Waals surface area contributed by atoms with Crippen LogP contribution >= 0.6 is 0 Å². The van der Waals surface area contributed by atoms with E-state index in [-0.39, 0.29) is 11.4 Å². The van der Waals surface area contributed by atoms with Crippen LogP contribution < -0.4 is 10.6 Å². The van der Waals surface area contributed by atoms with Gasteiger partial charge in [0.1, 0.15) is 0 Å². The second-order valence-corrected chi connectivity index (χ2v) is 5.27. The number of carbonyl (C=O) groups excluding carboxylic acids is 1. The molecule has 100 valence electrons. The number of anilines is 1. The van der Waals surface area contributed by atoms with Crippen LogP contribution in [0.15, 0.2) is 18.2 Å². The molecule has 0 aliphatic rings. The third-order valence-electron chi connectivity index (χ3n) is 3.12. The summed E-state index contributed by atoms with van der Waals surface area (Å²) in [5.41, 5.74) is 2.59. The third kappa shape index (κ3) is 3.76. The third-order valence-corrected chi connectivity index (χ3v) is 3.12. The molecule has 0 radical (unpaired) electrons. The molecule has 1 aromatic carbocycles. The first kappa shape index (κ1) is 14.6. The van der Waals surface area contributed by atoms with Gasteiger partial charge in [-0.25, -0.2) is 0 Å². The van der Waals surface area contributed by atoms with Crippen molar-refractivity contribution in [2.24, 2.45) is 0 Å². The van der Waals surface area contributed by atoms with E-state index < -0.39 is 0 Å². The van der Waals surface area contributed by atoms with Crippen LogP contribution in [0, 0.1) is 6.92 Å². The monoisotopic (exact) mass is 248 g/mol. The molecule has 1 amide bonds. The first-order valence-corrected chi connectivity index (χ1v) is 6.56. The number of carbonyl (C=O) groups is 1. The highest BCUT2D eigenvalue weighted by Gasteiger charge is 2.20. The molecule has 0 aromatic heterocycles. The van der Waals surface area contributed by atoms with E-state index in [0.29, 0.717) is 5.56 Å². The van der Waals surface area contributed by atoms with Crippen LogP contribution in [0.5, 0.6) is 0 Å². The highest BCUT2D eigenvalue weighted by molar-refractivity contribution is 6.00. The van der Waals surface area contributed by atoms with Crippen molar-refractivity contribution in [1.29, 1.82) is 0 Å². The molecule has 0 aliphatic carbocycles. The van der Waals surface area contributed by atoms with Crippen molar-refractivity contribution in [2.75, 3.05) is 11.9 Å². The lowest BCUT2D eigenvalue weighted by Gasteiger charge is -2.25. The number of rotatable bonds is 5. The quantitative estimate of drug-likeness (QED) is 0.839. The smallest absolute Gasteiger partial charge is 0.253 e. The Balaban J connectivity index is 2.98. The van der Waals surface area contributed by atoms with Gasteiger partial charge in [0.25, 0.3) is 5.91 Å². The summed E-state index contributed by atoms with van der Waals surface area (Å²) in [6, 6.07) is 5.86. The Hall–Kier alpha value is -1.51. The van der Waals surface area contributed by atoms with Crippen molar-refractivity contribution in [3.05, 3.63) is 29.3 Å². The summed E-state index contributed by atoms with van der Waals surface area (Å²) < 4.78 is 0. The first-order chi connectivity index (χ1) is 8.39. The van der Waals surface area contributed by atoms with Crippen molar-refractivity contribution in [2.45, 2.75) is 46.6 Å². The Morgan fingerprint density at radius 3 is 2.50 bits per heavy atom. The fourth-order valence-corrected chi connectivity index (χ4v) is 1.66. The standard InChI is InChI=1S/C15H24N2O/c1-6-15(4,5)17-14(18)12-9-8-11(3)10-13(12)16-7-2/h8-10,16H,6-7H2,1-5H3,(H,17,18). The minimum Gasteiger partial charge on any atom is -0.385 e. The van der Waals surface area contributed by atoms with E-state index in [9.17, 15) is 4.79 Å². The average Bonchev–Trinajstić information content (AvgIpc) is 2.29. The van der Waals surface area contributed by atoms with Gasteiger partial charge in [-0.05, 0) is 51.8 Å². The average molecular weight is 248 g/mol. The number of aryl methyl sites for hydroxylation is 1. The van der Waals surface area contributed by atoms with Gasteiger partial charge in [-0.3, -0.25) is 4.79 Å². The van der Waals surface area contributed by atoms with Crippen molar-refractivity contribution in [3.8, 4) is 0 Å². The maximum Gasteiger partial charge on any atom is 0.253 e. The molecule has 0 bridgehead atoms. The molecule has 2 N–H and O–H groups in total. The zero-order chi connectivity index (χ0) is 13.8. The zero-order valence-electron chi connectivity index (χ0n) is 12.1. The predicted octanol–water partition coefficient (Wildman–Crippen LogP) is 3.35. The predicted molar refractivity (Wildman–Crippen MR) is 77.2 cm³/mol. The molecule has 1 aromatic rings. The van der Waals surface area contributed by atoms with Crippen LogP contribution in [-0.2, 0) is 0 Å². The van der Waals surface area contributed by atoms with E-state index in [1.54, 1.807) is 0 Å². The summed E-state index contributed by atoms with van der Waals surface area (Å²) in [5, 5.41) is 6.30. The molecule has 1 rings (SSSR count). The van der Waals surface area contributed by atoms with Gasteiger partial charge >= 0.3 is 0 Å². The van der Waals surface area contributed by atoms with Crippen LogP contribution in [0.4, 0.5) is 5.69 Å². The van der Waals surface area contributed by atoms with Gasteiger partial charge in [-0.15, -0.1) is 0 Å². The van der Waals surface area contributed by atoms with Gasteiger partial charge in [0.05, 0.1) is 5.56 Å². The number of hydrogen-bond donors (Lipinski definition) is 2. The van der Waals surface area contributed by atoms with E-state index in [1.807, 2.05) is 45.9 Å². The summed E-state index contributed by atoms with van der Waals surface area (Å²) in [6.45, 7) is 11.0. The Morgan fingerprint density at radius 1 is 1.28 bits per heavy atom. The molecule has 3 heteroatoms. The normalized spacial score (nSPS) is 11.2. The number of amides is 1. The Labute approximate surface area is 110 Å². The van der Waals surface area contributed by atoms with Gasteiger partial charge in [0.2, 0.25) is 0 Å². The number of benzene rings is 1. The SMILES string of the molecule is CCNc1cc(C)ccc1C(=O)NC(C)(C)CC. The summed E-state index contributed by atoms with van der Waals surface area (Å²) in [7, 11) is 0. The molecule has 0 aliphatic heterocycles. The topological polar surface area (TPSA) is 41.1 Å². The zero-order valence-corrected chi connectivity index (χ0v) is 12.1. The molecule has 0 heterocycles. The van der Waals surface area contributed by atoms with E-state index >= 15 is 0 Å². The molecule has 0 saturated carbocycles. The fraction of sp³-hybridized carbons (Fsp3) is 0.533. The van der Waals surface area contributed by atoms with Crippen molar-refractivity contribution < 1.29 is 4.79 Å². The highest BCUT2D eigenvalue weighted by Crippen LogP contribution is 2.19. The van der Waals surface area contributed by atoms with Gasteiger partial charge < -0.3 is 10.6 Å². The van der Waals surface area contributed by atoms with Crippen LogP contribution in [0.1, 0.15) is 50.0 Å². The fourth-order valence-electron chi connectivity index (χ4n) is 1.66. The molecule has 3 nitrogen and oxygen atoms in total. The summed E-state index contributed by atoms with van der Waals surface area (Å²) in [4.78, 5) is 12.3. The van der Waals surface area contributed by atoms with Crippen molar-refractivity contribution >= 4 is 11.6 Å². The molecular formula is C15H24N2O. The Kier molecular flexibility index (Phi) is 4.76. The molecule has 0 unspecified atom stereocenters. The van der Waals surface area contributed by atoms with E-state index in [2.05, 4.69) is 17.6 Å². The van der Waals surface area contributed by atoms with E-state index in [0.717, 1.165) is 24.2 Å². The summed E-state index contributed by atoms with van der Waals surface area (Å²) in [5.74, 6) is -0.0159. The molecule has 0 spiro atoms. The first-order valence-electron chi connectivity index (χ1n) is 6.56. The van der Waals surface area contributed by atoms with E-state index in [4.69, 9.17) is 0 Å². The lowest BCUT2D eigenvalue weighted by molar-refractivity contribution is 0.0912. The van der Waals surface area contributed by atoms with Gasteiger partial charge in [-0.1, -0.05) is 13.0 Å². The Bertz CT molecular complexity index is 425. The number of nitrogens with one attached hydrogen (secondary N) is 2. The van der Waals surface area contributed by atoms with Crippen LogP contribution in [-0.4, -0.2) is 18.0 Å². The molecule has 0 atom stereocenters. The second kappa shape index (κ2) is 5.89. The van der Waals surface area contributed by atoms with Crippen molar-refractivity contribution in [3.63, 3.8) is 0 Å². The van der Waals surface area contributed by atoms with Gasteiger partial charge in [-0.2, -0.15) is 0 Å². The lowest BCUT2D eigenvalue weighted by Crippen LogP contribution is -2.43. The van der Waals surface area contributed by atoms with Crippen molar-refractivity contribution in [1.82, 2.24) is 5.32 Å². The Morgan fingerprint density at radius 2 is 1.94 bits per heavy atom. The van der Waals surface area contributed by atoms with E-state index in [1.165, 1.54) is 0 Å². The van der Waals surface area contributed by atoms with Crippen LogP contribution in [0.3, 0.4) is 0 Å². The van der Waals surface area contributed by atoms with Crippen LogP contribution in [0.25, 0.3) is 0 Å². The molecular weight excluding hydrogens is 224 g/mol.